The molecule has 0 unspecified atom stereocenters. The molecule has 2 N–H and O–H groups in total. The zero-order valence-electron chi connectivity index (χ0n) is 12.4. The normalized spacial score (nSPS) is 11.2. The standard InChI is InChI=1S/C16H16N4O2/c1-20(2)9-14(21)18-13-8-7-12-15(19-13)10-5-3-4-6-11(10)16(22)17-12/h3-8H,9H2,1-2H3,(H,17,22)(H,18,19,21). The number of nitrogens with zero attached hydrogens (tertiary/aromatic N) is 2. The number of carbonyl (C=O) groups is 1. The van der Waals surface area contributed by atoms with Crippen LogP contribution in [0, 0.1) is 0 Å². The van der Waals surface area contributed by atoms with E-state index in [2.05, 4.69) is 15.3 Å². The van der Waals surface area contributed by atoms with Crippen LogP contribution in [0.15, 0.2) is 41.2 Å². The summed E-state index contributed by atoms with van der Waals surface area (Å²) in [5.41, 5.74) is 1.17. The summed E-state index contributed by atoms with van der Waals surface area (Å²) < 4.78 is 0. The molecule has 112 valence electrons. The summed E-state index contributed by atoms with van der Waals surface area (Å²) in [4.78, 5) is 32.9. The van der Waals surface area contributed by atoms with Crippen molar-refractivity contribution in [1.29, 1.82) is 0 Å². The highest BCUT2D eigenvalue weighted by atomic mass is 16.2. The summed E-state index contributed by atoms with van der Waals surface area (Å²) in [5, 5.41) is 4.11. The molecule has 0 saturated carbocycles. The number of carbonyl (C=O) groups excluding carboxylic acids is 1. The summed E-state index contributed by atoms with van der Waals surface area (Å²) in [5.74, 6) is 0.335. The molecule has 2 aromatic heterocycles. The van der Waals surface area contributed by atoms with E-state index in [0.717, 1.165) is 5.39 Å². The fourth-order valence-electron chi connectivity index (χ4n) is 2.38. The van der Waals surface area contributed by atoms with E-state index in [1.807, 2.05) is 32.3 Å². The Morgan fingerprint density at radius 3 is 2.64 bits per heavy atom. The Bertz CT molecular complexity index is 915. The van der Waals surface area contributed by atoms with Gasteiger partial charge in [-0.05, 0) is 32.3 Å². The van der Waals surface area contributed by atoms with Crippen molar-refractivity contribution in [3.8, 4) is 0 Å². The van der Waals surface area contributed by atoms with E-state index in [1.54, 1.807) is 23.1 Å². The molecule has 0 radical (unpaired) electrons. The second-order valence-electron chi connectivity index (χ2n) is 5.38. The Balaban J connectivity index is 2.09. The maximum atomic E-state index is 12.0. The van der Waals surface area contributed by atoms with Crippen LogP contribution in [0.25, 0.3) is 21.8 Å². The van der Waals surface area contributed by atoms with Crippen LogP contribution in [0.1, 0.15) is 0 Å². The van der Waals surface area contributed by atoms with Crippen molar-refractivity contribution in [3.05, 3.63) is 46.8 Å². The van der Waals surface area contributed by atoms with Crippen molar-refractivity contribution < 1.29 is 4.79 Å². The number of likely N-dealkylation sites (N-methyl/N-ethyl adjacent to an activating group) is 1. The van der Waals surface area contributed by atoms with E-state index < -0.39 is 0 Å². The zero-order valence-corrected chi connectivity index (χ0v) is 12.4. The minimum absolute atomic E-state index is 0.134. The molecule has 1 aromatic carbocycles. The molecule has 1 amide bonds. The predicted octanol–water partition coefficient (Wildman–Crippen LogP) is 1.58. The Labute approximate surface area is 126 Å². The van der Waals surface area contributed by atoms with E-state index in [9.17, 15) is 9.59 Å². The number of amides is 1. The molecule has 22 heavy (non-hydrogen) atoms. The first kappa shape index (κ1) is 14.2. The highest BCUT2D eigenvalue weighted by Crippen LogP contribution is 2.20. The molecule has 3 rings (SSSR count). The number of aromatic amines is 1. The van der Waals surface area contributed by atoms with Gasteiger partial charge in [-0.25, -0.2) is 4.98 Å². The summed E-state index contributed by atoms with van der Waals surface area (Å²) in [6.45, 7) is 0.284. The maximum absolute atomic E-state index is 12.0. The van der Waals surface area contributed by atoms with Crippen LogP contribution in [0.3, 0.4) is 0 Å². The number of benzene rings is 1. The van der Waals surface area contributed by atoms with Crippen LogP contribution < -0.4 is 10.9 Å². The smallest absolute Gasteiger partial charge is 0.256 e. The molecule has 6 heteroatoms. The number of H-pyrrole nitrogens is 1. The molecule has 0 bridgehead atoms. The first-order valence-corrected chi connectivity index (χ1v) is 6.91. The highest BCUT2D eigenvalue weighted by molar-refractivity contribution is 6.03. The lowest BCUT2D eigenvalue weighted by molar-refractivity contribution is -0.116. The first-order valence-electron chi connectivity index (χ1n) is 6.91. The number of nitrogens with one attached hydrogen (secondary N) is 2. The molecule has 0 aliphatic heterocycles. The van der Waals surface area contributed by atoms with Crippen molar-refractivity contribution in [1.82, 2.24) is 14.9 Å². The molecule has 0 aliphatic rings. The Hall–Kier alpha value is -2.73. The number of rotatable bonds is 3. The Morgan fingerprint density at radius 2 is 1.91 bits per heavy atom. The van der Waals surface area contributed by atoms with E-state index in [0.29, 0.717) is 22.2 Å². The molecule has 2 heterocycles. The predicted molar refractivity (Wildman–Crippen MR) is 87.1 cm³/mol. The first-order chi connectivity index (χ1) is 10.5. The van der Waals surface area contributed by atoms with Gasteiger partial charge >= 0.3 is 0 Å². The average Bonchev–Trinajstić information content (AvgIpc) is 2.47. The van der Waals surface area contributed by atoms with Crippen molar-refractivity contribution in [2.45, 2.75) is 0 Å². The second kappa shape index (κ2) is 5.57. The van der Waals surface area contributed by atoms with Crippen LogP contribution in [-0.4, -0.2) is 41.4 Å². The minimum atomic E-state index is -0.144. The van der Waals surface area contributed by atoms with Crippen LogP contribution in [0.2, 0.25) is 0 Å². The van der Waals surface area contributed by atoms with Crippen LogP contribution >= 0.6 is 0 Å². The topological polar surface area (TPSA) is 78.1 Å². The molecule has 0 fully saturated rings. The number of anilines is 1. The number of fused-ring (bicyclic) bond motifs is 3. The number of pyridine rings is 2. The van der Waals surface area contributed by atoms with Gasteiger partial charge in [0.05, 0.1) is 17.6 Å². The van der Waals surface area contributed by atoms with Gasteiger partial charge in [-0.3, -0.25) is 9.59 Å². The molecular weight excluding hydrogens is 280 g/mol. The molecule has 6 nitrogen and oxygen atoms in total. The summed E-state index contributed by atoms with van der Waals surface area (Å²) in [7, 11) is 3.65. The summed E-state index contributed by atoms with van der Waals surface area (Å²) in [6, 6.07) is 10.7. The van der Waals surface area contributed by atoms with Gasteiger partial charge in [0, 0.05) is 10.8 Å². The lowest BCUT2D eigenvalue weighted by atomic mass is 10.1. The fourth-order valence-corrected chi connectivity index (χ4v) is 2.38. The molecular formula is C16H16N4O2. The van der Waals surface area contributed by atoms with Crippen LogP contribution in [-0.2, 0) is 4.79 Å². The Morgan fingerprint density at radius 1 is 1.18 bits per heavy atom. The van der Waals surface area contributed by atoms with Crippen LogP contribution in [0.5, 0.6) is 0 Å². The molecule has 0 aliphatic carbocycles. The third kappa shape index (κ3) is 2.68. The summed E-state index contributed by atoms with van der Waals surface area (Å²) in [6.07, 6.45) is 0. The van der Waals surface area contributed by atoms with Gasteiger partial charge in [0.15, 0.2) is 0 Å². The number of hydrogen-bond acceptors (Lipinski definition) is 4. The van der Waals surface area contributed by atoms with Gasteiger partial charge < -0.3 is 15.2 Å². The van der Waals surface area contributed by atoms with Gasteiger partial charge in [-0.1, -0.05) is 18.2 Å². The van der Waals surface area contributed by atoms with Gasteiger partial charge in [-0.2, -0.15) is 0 Å². The minimum Gasteiger partial charge on any atom is -0.320 e. The molecule has 3 aromatic rings. The number of aromatic nitrogens is 2. The van der Waals surface area contributed by atoms with Crippen molar-refractivity contribution in [2.24, 2.45) is 0 Å². The third-order valence-electron chi connectivity index (χ3n) is 3.30. The van der Waals surface area contributed by atoms with E-state index in [-0.39, 0.29) is 18.0 Å². The van der Waals surface area contributed by atoms with E-state index in [4.69, 9.17) is 0 Å². The van der Waals surface area contributed by atoms with E-state index >= 15 is 0 Å². The van der Waals surface area contributed by atoms with Gasteiger partial charge in [0.1, 0.15) is 5.82 Å². The van der Waals surface area contributed by atoms with Crippen molar-refractivity contribution in [2.75, 3.05) is 26.0 Å². The second-order valence-corrected chi connectivity index (χ2v) is 5.38. The van der Waals surface area contributed by atoms with Crippen LogP contribution in [0.4, 0.5) is 5.82 Å². The van der Waals surface area contributed by atoms with E-state index in [1.165, 1.54) is 0 Å². The quantitative estimate of drug-likeness (QED) is 0.719. The molecule has 0 atom stereocenters. The summed E-state index contributed by atoms with van der Waals surface area (Å²) >= 11 is 0. The Kier molecular flexibility index (Phi) is 3.60. The highest BCUT2D eigenvalue weighted by Gasteiger charge is 2.09. The SMILES string of the molecule is CN(C)CC(=O)Nc1ccc2[nH]c(=O)c3ccccc3c2n1. The van der Waals surface area contributed by atoms with Crippen molar-refractivity contribution in [3.63, 3.8) is 0 Å². The molecule has 0 spiro atoms. The van der Waals surface area contributed by atoms with Gasteiger partial charge in [0.2, 0.25) is 5.91 Å². The lowest BCUT2D eigenvalue weighted by Crippen LogP contribution is -2.27. The fraction of sp³-hybridized carbons (Fsp3) is 0.188. The third-order valence-corrected chi connectivity index (χ3v) is 3.30. The molecule has 0 saturated heterocycles. The average molecular weight is 296 g/mol. The lowest BCUT2D eigenvalue weighted by Gasteiger charge is -2.10. The number of hydrogen-bond donors (Lipinski definition) is 2. The maximum Gasteiger partial charge on any atom is 0.256 e. The largest absolute Gasteiger partial charge is 0.320 e. The van der Waals surface area contributed by atoms with Gasteiger partial charge in [0.25, 0.3) is 5.56 Å². The monoisotopic (exact) mass is 296 g/mol. The zero-order chi connectivity index (χ0) is 15.7. The van der Waals surface area contributed by atoms with Gasteiger partial charge in [-0.15, -0.1) is 0 Å². The van der Waals surface area contributed by atoms with Crippen molar-refractivity contribution >= 4 is 33.5 Å².